The molecule has 1 aromatic carbocycles. The number of quaternary nitrogens is 1. The number of rotatable bonds is 6. The van der Waals surface area contributed by atoms with Crippen LogP contribution in [0.2, 0.25) is 0 Å². The molecule has 0 heterocycles. The molecule has 12 heteroatoms. The standard InChI is InChI=1S/C14H20N4O6S2/c15-17-13(18-16)9-8-12(7-6-11-4-2-1-3-5-11)14(10-13,25(19,20)21)26(22,23)24/h1-9,12,17-18H,10,15-16H2,(H,19,20,21)(H,22,23,24)/p-1/b7-6+/t12-/m0/s1. The summed E-state index contributed by atoms with van der Waals surface area (Å²) in [6, 6.07) is 8.56. The Morgan fingerprint density at radius 2 is 1.73 bits per heavy atom. The van der Waals surface area contributed by atoms with Crippen LogP contribution in [-0.2, 0) is 20.2 Å². The number of hydrogen-bond acceptors (Lipinski definition) is 9. The van der Waals surface area contributed by atoms with E-state index in [0.29, 0.717) is 5.56 Å². The van der Waals surface area contributed by atoms with Gasteiger partial charge in [0.1, 0.15) is 25.9 Å². The Labute approximate surface area is 151 Å². The fourth-order valence-electron chi connectivity index (χ4n) is 2.88. The molecule has 1 aliphatic carbocycles. The van der Waals surface area contributed by atoms with Gasteiger partial charge in [-0.1, -0.05) is 48.6 Å². The maximum atomic E-state index is 12.0. The van der Waals surface area contributed by atoms with Gasteiger partial charge < -0.3 is 9.11 Å². The average molecular weight is 403 g/mol. The van der Waals surface area contributed by atoms with Crippen molar-refractivity contribution in [3.05, 3.63) is 54.1 Å². The van der Waals surface area contributed by atoms with E-state index in [2.05, 4.69) is 16.7 Å². The van der Waals surface area contributed by atoms with E-state index in [1.807, 2.05) is 0 Å². The summed E-state index contributed by atoms with van der Waals surface area (Å²) in [6.45, 7) is 0. The van der Waals surface area contributed by atoms with E-state index >= 15 is 0 Å². The topological polar surface area (TPSA) is 192 Å². The normalized spacial score (nSPS) is 26.2. The molecule has 7 N–H and O–H groups in total. The van der Waals surface area contributed by atoms with Crippen molar-refractivity contribution in [3.63, 3.8) is 0 Å². The van der Waals surface area contributed by atoms with Gasteiger partial charge in [-0.3, -0.25) is 11.7 Å². The smallest absolute Gasteiger partial charge is 0.163 e. The molecule has 0 saturated carbocycles. The number of nitrogens with one attached hydrogen (secondary N) is 2. The fraction of sp³-hybridized carbons (Fsp3) is 0.286. The van der Waals surface area contributed by atoms with Crippen LogP contribution in [-0.4, -0.2) is 35.7 Å². The van der Waals surface area contributed by atoms with Gasteiger partial charge in [0.25, 0.3) is 0 Å². The number of allylic oxidation sites excluding steroid dienone is 2. The van der Waals surface area contributed by atoms with Crippen LogP contribution in [0.25, 0.3) is 6.08 Å². The molecular formula is C14H19N4O6S2-. The van der Waals surface area contributed by atoms with E-state index in [0.717, 1.165) is 6.08 Å². The SMILES string of the molecule is NN[C@@]1(N[NH3+])C=C[C@H](/C=C/c2ccccc2)C(S(=O)(=O)[O-])(S(=O)(=O)[O-])C1. The van der Waals surface area contributed by atoms with Gasteiger partial charge in [-0.2, -0.15) is 0 Å². The average Bonchev–Trinajstić information content (AvgIpc) is 2.58. The lowest BCUT2D eigenvalue weighted by molar-refractivity contribution is -0.463. The zero-order valence-electron chi connectivity index (χ0n) is 13.5. The van der Waals surface area contributed by atoms with Crippen molar-refractivity contribution < 1.29 is 31.8 Å². The lowest BCUT2D eigenvalue weighted by atomic mass is 9.87. The largest absolute Gasteiger partial charge is 0.747 e. The fourth-order valence-corrected chi connectivity index (χ4v) is 5.67. The van der Waals surface area contributed by atoms with Gasteiger partial charge in [0.15, 0.2) is 4.08 Å². The van der Waals surface area contributed by atoms with E-state index < -0.39 is 42.3 Å². The van der Waals surface area contributed by atoms with Gasteiger partial charge in [-0.15, -0.1) is 5.43 Å². The van der Waals surface area contributed by atoms with Crippen molar-refractivity contribution in [1.82, 2.24) is 10.9 Å². The van der Waals surface area contributed by atoms with Crippen LogP contribution in [0.4, 0.5) is 0 Å². The number of benzene rings is 1. The molecule has 2 rings (SSSR count). The first kappa shape index (κ1) is 20.7. The molecule has 0 spiro atoms. The quantitative estimate of drug-likeness (QED) is 0.136. The molecule has 0 aliphatic heterocycles. The van der Waals surface area contributed by atoms with Gasteiger partial charge >= 0.3 is 0 Å². The Hall–Kier alpha value is -1.64. The van der Waals surface area contributed by atoms with Gasteiger partial charge in [0, 0.05) is 12.3 Å². The van der Waals surface area contributed by atoms with Crippen molar-refractivity contribution >= 4 is 26.3 Å². The zero-order chi connectivity index (χ0) is 19.6. The number of hydrazine groups is 1. The molecule has 0 bridgehead atoms. The van der Waals surface area contributed by atoms with Gasteiger partial charge in [-0.05, 0) is 11.6 Å². The second-order valence-electron chi connectivity index (χ2n) is 5.84. The first-order valence-corrected chi connectivity index (χ1v) is 10.2. The molecule has 10 nitrogen and oxygen atoms in total. The first-order chi connectivity index (χ1) is 12.0. The van der Waals surface area contributed by atoms with E-state index in [-0.39, 0.29) is 0 Å². The Morgan fingerprint density at radius 1 is 1.15 bits per heavy atom. The third kappa shape index (κ3) is 3.58. The summed E-state index contributed by atoms with van der Waals surface area (Å²) in [4.78, 5) is 0. The van der Waals surface area contributed by atoms with Crippen molar-refractivity contribution in [2.75, 3.05) is 0 Å². The lowest BCUT2D eigenvalue weighted by Crippen LogP contribution is -2.81. The summed E-state index contributed by atoms with van der Waals surface area (Å²) in [5.74, 6) is 7.19. The van der Waals surface area contributed by atoms with E-state index in [1.165, 1.54) is 18.2 Å². The Balaban J connectivity index is 2.68. The summed E-state index contributed by atoms with van der Waals surface area (Å²) in [5.41, 5.74) is 3.50. The molecule has 0 aromatic heterocycles. The molecule has 0 saturated heterocycles. The van der Waals surface area contributed by atoms with E-state index in [4.69, 9.17) is 5.84 Å². The van der Waals surface area contributed by atoms with E-state index in [9.17, 15) is 25.9 Å². The molecule has 0 radical (unpaired) electrons. The highest BCUT2D eigenvalue weighted by atomic mass is 32.3. The third-order valence-corrected chi connectivity index (χ3v) is 8.09. The van der Waals surface area contributed by atoms with Crippen molar-refractivity contribution in [2.45, 2.75) is 16.2 Å². The molecule has 0 amide bonds. The molecule has 0 fully saturated rings. The van der Waals surface area contributed by atoms with Crippen LogP contribution in [0, 0.1) is 5.92 Å². The van der Waals surface area contributed by atoms with Crippen LogP contribution in [0.3, 0.4) is 0 Å². The second kappa shape index (κ2) is 7.17. The highest BCUT2D eigenvalue weighted by molar-refractivity contribution is 8.05. The highest BCUT2D eigenvalue weighted by Gasteiger charge is 2.56. The van der Waals surface area contributed by atoms with Crippen LogP contribution in [0.15, 0.2) is 48.6 Å². The summed E-state index contributed by atoms with van der Waals surface area (Å²) in [5, 5.41) is 0. The third-order valence-electron chi connectivity index (χ3n) is 4.34. The van der Waals surface area contributed by atoms with Crippen molar-refractivity contribution in [2.24, 2.45) is 11.8 Å². The lowest BCUT2D eigenvalue weighted by Gasteiger charge is -2.48. The molecule has 26 heavy (non-hydrogen) atoms. The van der Waals surface area contributed by atoms with Gasteiger partial charge in [0.05, 0.1) is 0 Å². The maximum absolute atomic E-state index is 12.0. The van der Waals surface area contributed by atoms with Gasteiger partial charge in [-0.25, -0.2) is 22.3 Å². The minimum atomic E-state index is -5.61. The summed E-state index contributed by atoms with van der Waals surface area (Å²) in [7, 11) is -11.2. The van der Waals surface area contributed by atoms with Crippen LogP contribution in [0.1, 0.15) is 12.0 Å². The van der Waals surface area contributed by atoms with E-state index in [1.54, 1.807) is 30.3 Å². The Bertz CT molecular complexity index is 876. The first-order valence-electron chi connectivity index (χ1n) is 7.37. The zero-order valence-corrected chi connectivity index (χ0v) is 15.2. The predicted molar refractivity (Wildman–Crippen MR) is 90.9 cm³/mol. The van der Waals surface area contributed by atoms with Crippen LogP contribution < -0.4 is 22.5 Å². The van der Waals surface area contributed by atoms with Crippen LogP contribution >= 0.6 is 0 Å². The molecule has 0 unspecified atom stereocenters. The monoisotopic (exact) mass is 403 g/mol. The van der Waals surface area contributed by atoms with Crippen molar-refractivity contribution in [3.8, 4) is 0 Å². The summed E-state index contributed by atoms with van der Waals surface area (Å²) < 4.78 is 68.7. The minimum Gasteiger partial charge on any atom is -0.747 e. The Morgan fingerprint density at radius 3 is 2.19 bits per heavy atom. The number of hydrogen-bond donors (Lipinski definition) is 4. The second-order valence-corrected chi connectivity index (χ2v) is 9.38. The predicted octanol–water partition coefficient (Wildman–Crippen LogP) is -2.03. The van der Waals surface area contributed by atoms with Crippen molar-refractivity contribution in [1.29, 1.82) is 0 Å². The van der Waals surface area contributed by atoms with Gasteiger partial charge in [0.2, 0.25) is 0 Å². The molecule has 1 aliphatic rings. The number of nitrogens with two attached hydrogens (primary N) is 1. The molecule has 1 aromatic rings. The molecular weight excluding hydrogens is 384 g/mol. The van der Waals surface area contributed by atoms with Crippen LogP contribution in [0.5, 0.6) is 0 Å². The Kier molecular flexibility index (Phi) is 5.70. The minimum absolute atomic E-state index is 0.630. The maximum Gasteiger partial charge on any atom is 0.163 e. The summed E-state index contributed by atoms with van der Waals surface area (Å²) in [6.07, 6.45) is 4.14. The molecule has 2 atom stereocenters. The highest BCUT2D eigenvalue weighted by Crippen LogP contribution is 2.43. The molecule has 144 valence electrons. The summed E-state index contributed by atoms with van der Waals surface area (Å²) >= 11 is 0.